The lowest BCUT2D eigenvalue weighted by molar-refractivity contribution is -0.117. The third-order valence-corrected chi connectivity index (χ3v) is 5.13. The highest BCUT2D eigenvalue weighted by atomic mass is 79.9. The standard InChI is InChI=1S/C19H16BrNO5/c20-15-9-17-16(25-11-26-17)8-13(15)10-24-19(23)12-3-5-14(6-4-12)21-7-1-2-18(21)22/h3-6,8-9H,1-2,7,10-11H2. The van der Waals surface area contributed by atoms with Crippen molar-refractivity contribution in [1.82, 2.24) is 0 Å². The SMILES string of the molecule is O=C(OCc1cc2c(cc1Br)OCO2)c1ccc(N2CCCC2=O)cc1. The summed E-state index contributed by atoms with van der Waals surface area (Å²) in [5.41, 5.74) is 2.04. The molecule has 0 radical (unpaired) electrons. The van der Waals surface area contributed by atoms with Crippen molar-refractivity contribution in [2.24, 2.45) is 0 Å². The van der Waals surface area contributed by atoms with Crippen LogP contribution in [0.15, 0.2) is 40.9 Å². The van der Waals surface area contributed by atoms with Gasteiger partial charge in [0.2, 0.25) is 12.7 Å². The van der Waals surface area contributed by atoms with E-state index in [-0.39, 0.29) is 19.3 Å². The molecule has 2 heterocycles. The number of anilines is 1. The quantitative estimate of drug-likeness (QED) is 0.710. The maximum atomic E-state index is 12.3. The van der Waals surface area contributed by atoms with E-state index in [1.54, 1.807) is 41.3 Å². The number of halogens is 1. The number of hydrogen-bond donors (Lipinski definition) is 0. The first-order chi connectivity index (χ1) is 12.6. The van der Waals surface area contributed by atoms with E-state index in [1.807, 2.05) is 0 Å². The largest absolute Gasteiger partial charge is 0.457 e. The second-order valence-corrected chi connectivity index (χ2v) is 6.92. The molecule has 0 N–H and O–H groups in total. The lowest BCUT2D eigenvalue weighted by atomic mass is 10.2. The van der Waals surface area contributed by atoms with Crippen LogP contribution in [0.2, 0.25) is 0 Å². The van der Waals surface area contributed by atoms with E-state index in [0.29, 0.717) is 23.5 Å². The molecule has 1 amide bonds. The molecular weight excluding hydrogens is 402 g/mol. The molecule has 134 valence electrons. The van der Waals surface area contributed by atoms with Crippen molar-refractivity contribution < 1.29 is 23.8 Å². The molecule has 2 aliphatic rings. The fourth-order valence-corrected chi connectivity index (χ4v) is 3.43. The summed E-state index contributed by atoms with van der Waals surface area (Å²) >= 11 is 3.44. The fraction of sp³-hybridized carbons (Fsp3) is 0.263. The lowest BCUT2D eigenvalue weighted by Crippen LogP contribution is -2.23. The third kappa shape index (κ3) is 3.26. The molecule has 2 aromatic rings. The van der Waals surface area contributed by atoms with Crippen LogP contribution in [0.5, 0.6) is 11.5 Å². The molecule has 1 fully saturated rings. The average molecular weight is 418 g/mol. The van der Waals surface area contributed by atoms with Gasteiger partial charge in [-0.05, 0) is 42.8 Å². The Balaban J connectivity index is 1.41. The van der Waals surface area contributed by atoms with Crippen LogP contribution in [-0.4, -0.2) is 25.2 Å². The van der Waals surface area contributed by atoms with Gasteiger partial charge in [-0.15, -0.1) is 0 Å². The smallest absolute Gasteiger partial charge is 0.338 e. The van der Waals surface area contributed by atoms with Crippen LogP contribution in [0.3, 0.4) is 0 Å². The molecule has 0 spiro atoms. The molecule has 4 rings (SSSR count). The van der Waals surface area contributed by atoms with Gasteiger partial charge in [0.1, 0.15) is 6.61 Å². The maximum absolute atomic E-state index is 12.3. The summed E-state index contributed by atoms with van der Waals surface area (Å²) in [6.07, 6.45) is 1.45. The van der Waals surface area contributed by atoms with Crippen molar-refractivity contribution in [2.75, 3.05) is 18.2 Å². The van der Waals surface area contributed by atoms with Crippen molar-refractivity contribution in [2.45, 2.75) is 19.4 Å². The van der Waals surface area contributed by atoms with E-state index >= 15 is 0 Å². The molecule has 1 saturated heterocycles. The Morgan fingerprint density at radius 2 is 1.88 bits per heavy atom. The van der Waals surface area contributed by atoms with E-state index in [2.05, 4.69) is 15.9 Å². The molecule has 7 heteroatoms. The van der Waals surface area contributed by atoms with Gasteiger partial charge in [-0.1, -0.05) is 15.9 Å². The molecule has 0 aliphatic carbocycles. The van der Waals surface area contributed by atoms with Gasteiger partial charge < -0.3 is 19.1 Å². The first kappa shape index (κ1) is 16.9. The van der Waals surface area contributed by atoms with Crippen LogP contribution in [0.1, 0.15) is 28.8 Å². The third-order valence-electron chi connectivity index (χ3n) is 4.39. The lowest BCUT2D eigenvalue weighted by Gasteiger charge is -2.15. The first-order valence-corrected chi connectivity index (χ1v) is 9.07. The van der Waals surface area contributed by atoms with Crippen LogP contribution in [-0.2, 0) is 16.1 Å². The number of ether oxygens (including phenoxy) is 3. The van der Waals surface area contributed by atoms with Gasteiger partial charge in [0.25, 0.3) is 0 Å². The minimum atomic E-state index is -0.422. The Hall–Kier alpha value is -2.54. The van der Waals surface area contributed by atoms with E-state index in [4.69, 9.17) is 14.2 Å². The van der Waals surface area contributed by atoms with Crippen LogP contribution in [0, 0.1) is 0 Å². The number of rotatable bonds is 4. The fourth-order valence-electron chi connectivity index (χ4n) is 3.00. The predicted octanol–water partition coefficient (Wildman–Crippen LogP) is 3.66. The first-order valence-electron chi connectivity index (χ1n) is 8.27. The van der Waals surface area contributed by atoms with E-state index in [0.717, 1.165) is 28.7 Å². The number of esters is 1. The zero-order valence-corrected chi connectivity index (χ0v) is 15.5. The number of benzene rings is 2. The monoisotopic (exact) mass is 417 g/mol. The van der Waals surface area contributed by atoms with Crippen molar-refractivity contribution in [3.63, 3.8) is 0 Å². The van der Waals surface area contributed by atoms with Gasteiger partial charge in [0.05, 0.1) is 5.56 Å². The highest BCUT2D eigenvalue weighted by Gasteiger charge is 2.22. The molecule has 0 aromatic heterocycles. The second-order valence-electron chi connectivity index (χ2n) is 6.07. The molecule has 0 bridgehead atoms. The van der Waals surface area contributed by atoms with E-state index < -0.39 is 5.97 Å². The number of hydrogen-bond acceptors (Lipinski definition) is 5. The Bertz CT molecular complexity index is 865. The number of carbonyl (C=O) groups excluding carboxylic acids is 2. The zero-order chi connectivity index (χ0) is 18.1. The van der Waals surface area contributed by atoms with Crippen LogP contribution in [0.25, 0.3) is 0 Å². The van der Waals surface area contributed by atoms with Gasteiger partial charge in [-0.2, -0.15) is 0 Å². The van der Waals surface area contributed by atoms with Gasteiger partial charge in [0, 0.05) is 28.7 Å². The van der Waals surface area contributed by atoms with E-state index in [9.17, 15) is 9.59 Å². The summed E-state index contributed by atoms with van der Waals surface area (Å²) in [5.74, 6) is 1.000. The normalized spacial score (nSPS) is 15.4. The van der Waals surface area contributed by atoms with Crippen LogP contribution >= 0.6 is 15.9 Å². The minimum absolute atomic E-state index is 0.114. The molecule has 2 aliphatic heterocycles. The minimum Gasteiger partial charge on any atom is -0.457 e. The molecule has 2 aromatic carbocycles. The number of carbonyl (C=O) groups is 2. The summed E-state index contributed by atoms with van der Waals surface area (Å²) in [6.45, 7) is 1.03. The predicted molar refractivity (Wildman–Crippen MR) is 97.4 cm³/mol. The van der Waals surface area contributed by atoms with Crippen molar-refractivity contribution >= 4 is 33.5 Å². The Morgan fingerprint density at radius 3 is 2.58 bits per heavy atom. The van der Waals surface area contributed by atoms with Crippen molar-refractivity contribution in [3.05, 3.63) is 52.0 Å². The summed E-state index contributed by atoms with van der Waals surface area (Å²) in [6, 6.07) is 10.5. The van der Waals surface area contributed by atoms with Gasteiger partial charge in [-0.3, -0.25) is 4.79 Å². The molecule has 0 saturated carbocycles. The molecule has 26 heavy (non-hydrogen) atoms. The Kier molecular flexibility index (Phi) is 4.55. The molecule has 6 nitrogen and oxygen atoms in total. The highest BCUT2D eigenvalue weighted by molar-refractivity contribution is 9.10. The number of fused-ring (bicyclic) bond motifs is 1. The van der Waals surface area contributed by atoms with Gasteiger partial charge in [-0.25, -0.2) is 4.79 Å². The van der Waals surface area contributed by atoms with E-state index in [1.165, 1.54) is 0 Å². The molecule has 0 unspecified atom stereocenters. The Morgan fingerprint density at radius 1 is 1.15 bits per heavy atom. The zero-order valence-electron chi connectivity index (χ0n) is 13.9. The number of amides is 1. The topological polar surface area (TPSA) is 65.1 Å². The highest BCUT2D eigenvalue weighted by Crippen LogP contribution is 2.37. The summed E-state index contributed by atoms with van der Waals surface area (Å²) in [4.78, 5) is 25.8. The van der Waals surface area contributed by atoms with Gasteiger partial charge >= 0.3 is 5.97 Å². The number of nitrogens with zero attached hydrogens (tertiary/aromatic N) is 1. The molecular formula is C19H16BrNO5. The Labute approximate surface area is 158 Å². The van der Waals surface area contributed by atoms with Crippen molar-refractivity contribution in [3.8, 4) is 11.5 Å². The van der Waals surface area contributed by atoms with Crippen molar-refractivity contribution in [1.29, 1.82) is 0 Å². The average Bonchev–Trinajstić information content (AvgIpc) is 3.28. The van der Waals surface area contributed by atoms with Crippen LogP contribution < -0.4 is 14.4 Å². The summed E-state index contributed by atoms with van der Waals surface area (Å²) in [7, 11) is 0. The summed E-state index contributed by atoms with van der Waals surface area (Å²) < 4.78 is 16.8. The van der Waals surface area contributed by atoms with Crippen LogP contribution in [0.4, 0.5) is 5.69 Å². The van der Waals surface area contributed by atoms with Gasteiger partial charge in [0.15, 0.2) is 11.5 Å². The summed E-state index contributed by atoms with van der Waals surface area (Å²) in [5, 5.41) is 0. The molecule has 0 atom stereocenters. The maximum Gasteiger partial charge on any atom is 0.338 e. The second kappa shape index (κ2) is 6.99.